The van der Waals surface area contributed by atoms with Gasteiger partial charge in [-0.15, -0.1) is 0 Å². The highest BCUT2D eigenvalue weighted by molar-refractivity contribution is 5.71. The average molecular weight is 265 g/mol. The number of carboxylic acids is 1. The summed E-state index contributed by atoms with van der Waals surface area (Å²) in [6, 6.07) is 1.12. The van der Waals surface area contributed by atoms with Gasteiger partial charge in [-0.05, 0) is 0 Å². The van der Waals surface area contributed by atoms with Crippen LogP contribution in [0.3, 0.4) is 0 Å². The summed E-state index contributed by atoms with van der Waals surface area (Å²) in [5, 5.41) is 18.9. The molecule has 9 heteroatoms. The number of halogens is 3. The second-order valence-electron chi connectivity index (χ2n) is 3.12. The van der Waals surface area contributed by atoms with E-state index in [1.165, 1.54) is 0 Å². The maximum atomic E-state index is 13.5. The van der Waals surface area contributed by atoms with Crippen LogP contribution < -0.4 is 4.74 Å². The van der Waals surface area contributed by atoms with Crippen LogP contribution in [-0.4, -0.2) is 22.6 Å². The van der Waals surface area contributed by atoms with E-state index in [-0.39, 0.29) is 0 Å². The first kappa shape index (κ1) is 13.7. The highest BCUT2D eigenvalue weighted by atomic mass is 19.3. The number of aliphatic carboxylic acids is 1. The molecule has 98 valence electrons. The first-order valence-electron chi connectivity index (χ1n) is 4.44. The summed E-state index contributed by atoms with van der Waals surface area (Å²) in [5.74, 6) is -3.88. The summed E-state index contributed by atoms with van der Waals surface area (Å²) in [4.78, 5) is 19.9. The molecule has 0 amide bonds. The smallest absolute Gasteiger partial charge is 0.387 e. The minimum atomic E-state index is -3.38. The van der Waals surface area contributed by atoms with Gasteiger partial charge in [-0.25, -0.2) is 4.39 Å². The lowest BCUT2D eigenvalue weighted by Crippen LogP contribution is -2.08. The van der Waals surface area contributed by atoms with E-state index in [9.17, 15) is 28.1 Å². The van der Waals surface area contributed by atoms with E-state index in [1.54, 1.807) is 0 Å². The Morgan fingerprint density at radius 1 is 1.50 bits per heavy atom. The lowest BCUT2D eigenvalue weighted by molar-refractivity contribution is -0.385. The molecule has 0 bridgehead atoms. The highest BCUT2D eigenvalue weighted by Crippen LogP contribution is 2.29. The van der Waals surface area contributed by atoms with E-state index in [4.69, 9.17) is 5.11 Å². The van der Waals surface area contributed by atoms with E-state index in [1.807, 2.05) is 0 Å². The molecule has 0 aromatic heterocycles. The molecule has 0 aliphatic carbocycles. The summed E-state index contributed by atoms with van der Waals surface area (Å²) < 4.78 is 41.1. The fourth-order valence-corrected chi connectivity index (χ4v) is 1.22. The maximum Gasteiger partial charge on any atom is 0.387 e. The third-order valence-corrected chi connectivity index (χ3v) is 1.87. The van der Waals surface area contributed by atoms with Crippen molar-refractivity contribution in [2.24, 2.45) is 0 Å². The van der Waals surface area contributed by atoms with Gasteiger partial charge >= 0.3 is 12.6 Å². The third kappa shape index (κ3) is 3.34. The summed E-state index contributed by atoms with van der Waals surface area (Å²) in [7, 11) is 0. The number of ether oxygens (including phenoxy) is 1. The third-order valence-electron chi connectivity index (χ3n) is 1.87. The summed E-state index contributed by atoms with van der Waals surface area (Å²) in [5.41, 5.74) is -1.34. The second-order valence-corrected chi connectivity index (χ2v) is 3.12. The number of hydrogen-bond acceptors (Lipinski definition) is 4. The Kier molecular flexibility index (Phi) is 4.08. The fourth-order valence-electron chi connectivity index (χ4n) is 1.22. The van der Waals surface area contributed by atoms with Crippen molar-refractivity contribution in [2.45, 2.75) is 13.0 Å². The molecular weight excluding hydrogens is 259 g/mol. The second kappa shape index (κ2) is 5.34. The zero-order valence-electron chi connectivity index (χ0n) is 8.60. The van der Waals surface area contributed by atoms with Gasteiger partial charge in [-0.3, -0.25) is 14.9 Å². The van der Waals surface area contributed by atoms with Crippen molar-refractivity contribution in [1.82, 2.24) is 0 Å². The molecule has 0 atom stereocenters. The molecule has 1 aromatic rings. The number of nitrogens with zero attached hydrogens (tertiary/aromatic N) is 1. The Balaban J connectivity index is 3.28. The molecule has 1 aromatic carbocycles. The van der Waals surface area contributed by atoms with E-state index >= 15 is 0 Å². The molecule has 6 nitrogen and oxygen atoms in total. The molecule has 0 unspecified atom stereocenters. The average Bonchev–Trinajstić information content (AvgIpc) is 2.22. The molecule has 1 rings (SSSR count). The molecule has 0 aliphatic heterocycles. The lowest BCUT2D eigenvalue weighted by Gasteiger charge is -2.08. The predicted octanol–water partition coefficient (Wildman–Crippen LogP) is 1.96. The van der Waals surface area contributed by atoms with Gasteiger partial charge in [0, 0.05) is 11.6 Å². The van der Waals surface area contributed by atoms with Gasteiger partial charge in [0.25, 0.3) is 5.69 Å². The maximum absolute atomic E-state index is 13.5. The van der Waals surface area contributed by atoms with Gasteiger partial charge < -0.3 is 9.84 Å². The molecule has 0 saturated carbocycles. The summed E-state index contributed by atoms with van der Waals surface area (Å²) >= 11 is 0. The number of carboxylic acid groups (broad SMARTS) is 1. The Labute approximate surface area is 97.7 Å². The first-order valence-corrected chi connectivity index (χ1v) is 4.44. The standard InChI is InChI=1S/C9H6F3NO5/c10-8-4(2-7(14)15)1-5(13(16)17)3-6(8)18-9(11)12/h1,3,9H,2H2,(H,14,15). The van der Waals surface area contributed by atoms with Gasteiger partial charge in [0.1, 0.15) is 0 Å². The Bertz CT molecular complexity index is 491. The van der Waals surface area contributed by atoms with E-state index < -0.39 is 46.7 Å². The Morgan fingerprint density at radius 2 is 2.11 bits per heavy atom. The zero-order chi connectivity index (χ0) is 13.9. The normalized spacial score (nSPS) is 10.4. The van der Waals surface area contributed by atoms with Gasteiger partial charge in [0.2, 0.25) is 0 Å². The molecule has 0 spiro atoms. The van der Waals surface area contributed by atoms with Crippen molar-refractivity contribution in [3.63, 3.8) is 0 Å². The van der Waals surface area contributed by atoms with Crippen LogP contribution in [-0.2, 0) is 11.2 Å². The van der Waals surface area contributed by atoms with Crippen molar-refractivity contribution < 1.29 is 32.7 Å². The molecule has 0 saturated heterocycles. The minimum Gasteiger partial charge on any atom is -0.481 e. The largest absolute Gasteiger partial charge is 0.481 e. The quantitative estimate of drug-likeness (QED) is 0.649. The Morgan fingerprint density at radius 3 is 2.56 bits per heavy atom. The SMILES string of the molecule is O=C(O)Cc1cc([N+](=O)[O-])cc(OC(F)F)c1F. The Hall–Kier alpha value is -2.32. The van der Waals surface area contributed by atoms with Crippen molar-refractivity contribution in [3.05, 3.63) is 33.6 Å². The number of carbonyl (C=O) groups is 1. The van der Waals surface area contributed by atoms with Gasteiger partial charge in [-0.1, -0.05) is 0 Å². The topological polar surface area (TPSA) is 89.7 Å². The lowest BCUT2D eigenvalue weighted by atomic mass is 10.1. The van der Waals surface area contributed by atoms with E-state index in [0.717, 1.165) is 0 Å². The van der Waals surface area contributed by atoms with Crippen LogP contribution in [0.1, 0.15) is 5.56 Å². The first-order chi connectivity index (χ1) is 8.31. The van der Waals surface area contributed by atoms with Crippen LogP contribution in [0.4, 0.5) is 18.9 Å². The van der Waals surface area contributed by atoms with E-state index in [2.05, 4.69) is 4.74 Å². The number of nitro benzene ring substituents is 1. The van der Waals surface area contributed by atoms with Crippen molar-refractivity contribution >= 4 is 11.7 Å². The molecular formula is C9H6F3NO5. The van der Waals surface area contributed by atoms with Crippen LogP contribution in [0.15, 0.2) is 12.1 Å². The highest BCUT2D eigenvalue weighted by Gasteiger charge is 2.21. The van der Waals surface area contributed by atoms with Crippen molar-refractivity contribution in [1.29, 1.82) is 0 Å². The van der Waals surface area contributed by atoms with Gasteiger partial charge in [0.15, 0.2) is 11.6 Å². The summed E-state index contributed by atoms with van der Waals surface area (Å²) in [6.07, 6.45) is -0.882. The predicted molar refractivity (Wildman–Crippen MR) is 51.0 cm³/mol. The van der Waals surface area contributed by atoms with Gasteiger partial charge in [-0.2, -0.15) is 8.78 Å². The van der Waals surface area contributed by atoms with Crippen molar-refractivity contribution in [2.75, 3.05) is 0 Å². The number of alkyl halides is 2. The number of nitro groups is 1. The number of rotatable bonds is 5. The van der Waals surface area contributed by atoms with Crippen molar-refractivity contribution in [3.8, 4) is 5.75 Å². The molecule has 18 heavy (non-hydrogen) atoms. The number of non-ortho nitro benzene ring substituents is 1. The van der Waals surface area contributed by atoms with Crippen LogP contribution in [0.25, 0.3) is 0 Å². The molecule has 0 heterocycles. The number of benzene rings is 1. The van der Waals surface area contributed by atoms with Gasteiger partial charge in [0.05, 0.1) is 17.4 Å². The molecule has 1 N–H and O–H groups in total. The molecule has 0 radical (unpaired) electrons. The fraction of sp³-hybridized carbons (Fsp3) is 0.222. The monoisotopic (exact) mass is 265 g/mol. The zero-order valence-corrected chi connectivity index (χ0v) is 8.60. The van der Waals surface area contributed by atoms with Crippen LogP contribution in [0.5, 0.6) is 5.75 Å². The number of hydrogen-bond donors (Lipinski definition) is 1. The van der Waals surface area contributed by atoms with Crippen LogP contribution in [0, 0.1) is 15.9 Å². The summed E-state index contributed by atoms with van der Waals surface area (Å²) in [6.45, 7) is -3.38. The molecule has 0 fully saturated rings. The molecule has 0 aliphatic rings. The van der Waals surface area contributed by atoms with Crippen LogP contribution in [0.2, 0.25) is 0 Å². The van der Waals surface area contributed by atoms with E-state index in [0.29, 0.717) is 12.1 Å². The van der Waals surface area contributed by atoms with Crippen LogP contribution >= 0.6 is 0 Å². The minimum absolute atomic E-state index is 0.465.